The Kier molecular flexibility index (Phi) is 6.27. The lowest BCUT2D eigenvalue weighted by atomic mass is 10.0. The normalized spacial score (nSPS) is 17.9. The minimum Gasteiger partial charge on any atom is -0.507 e. The van der Waals surface area contributed by atoms with Gasteiger partial charge >= 0.3 is 0 Å². The molecule has 2 aromatic rings. The maximum atomic E-state index is 14.7. The highest BCUT2D eigenvalue weighted by Gasteiger charge is 2.36. The molecule has 1 fully saturated rings. The number of fused-ring (bicyclic) bond motifs is 2. The summed E-state index contributed by atoms with van der Waals surface area (Å²) >= 11 is 6.65. The van der Waals surface area contributed by atoms with Gasteiger partial charge in [0.25, 0.3) is 5.91 Å². The highest BCUT2D eigenvalue weighted by molar-refractivity contribution is 6.35. The van der Waals surface area contributed by atoms with Crippen molar-refractivity contribution in [1.82, 2.24) is 19.7 Å². The van der Waals surface area contributed by atoms with Gasteiger partial charge < -0.3 is 19.6 Å². The van der Waals surface area contributed by atoms with Crippen LogP contribution in [0.2, 0.25) is 5.02 Å². The van der Waals surface area contributed by atoms with Crippen LogP contribution in [0.3, 0.4) is 0 Å². The Labute approximate surface area is 195 Å². The largest absolute Gasteiger partial charge is 0.507 e. The zero-order chi connectivity index (χ0) is 23.9. The Bertz CT molecular complexity index is 1120. The van der Waals surface area contributed by atoms with Crippen LogP contribution in [0.25, 0.3) is 11.3 Å². The number of piperazine rings is 1. The van der Waals surface area contributed by atoms with Crippen LogP contribution in [-0.4, -0.2) is 83.0 Å². The van der Waals surface area contributed by atoms with Crippen molar-refractivity contribution >= 4 is 23.4 Å². The van der Waals surface area contributed by atoms with E-state index in [0.29, 0.717) is 31.7 Å². The summed E-state index contributed by atoms with van der Waals surface area (Å²) < 4.78 is 20.7. The van der Waals surface area contributed by atoms with Gasteiger partial charge in [-0.15, -0.1) is 0 Å². The minimum atomic E-state index is -0.725. The number of phenols is 1. The molecule has 1 N–H and O–H groups in total. The van der Waals surface area contributed by atoms with Gasteiger partial charge in [0, 0.05) is 45.8 Å². The number of aromatic nitrogens is 1. The molecule has 174 valence electrons. The van der Waals surface area contributed by atoms with Crippen molar-refractivity contribution in [2.24, 2.45) is 0 Å². The van der Waals surface area contributed by atoms with Crippen molar-refractivity contribution in [2.75, 3.05) is 40.3 Å². The lowest BCUT2D eigenvalue weighted by Gasteiger charge is -2.39. The van der Waals surface area contributed by atoms with Crippen LogP contribution in [0.15, 0.2) is 30.9 Å². The Morgan fingerprint density at radius 1 is 1.36 bits per heavy atom. The molecular formula is C23H24ClFN4O4. The van der Waals surface area contributed by atoms with Crippen molar-refractivity contribution in [3.63, 3.8) is 0 Å². The van der Waals surface area contributed by atoms with Crippen molar-refractivity contribution < 1.29 is 23.8 Å². The lowest BCUT2D eigenvalue weighted by Crippen LogP contribution is -2.55. The van der Waals surface area contributed by atoms with E-state index in [0.717, 1.165) is 0 Å². The van der Waals surface area contributed by atoms with Crippen LogP contribution >= 0.6 is 11.6 Å². The first-order valence-electron chi connectivity index (χ1n) is 10.4. The molecule has 2 amide bonds. The van der Waals surface area contributed by atoms with Gasteiger partial charge in [0.05, 0.1) is 11.6 Å². The van der Waals surface area contributed by atoms with Crippen molar-refractivity contribution in [1.29, 1.82) is 0 Å². The summed E-state index contributed by atoms with van der Waals surface area (Å²) in [6.45, 7) is 5.58. The molecule has 1 aromatic heterocycles. The summed E-state index contributed by atoms with van der Waals surface area (Å²) in [6, 6.07) is 3.72. The quantitative estimate of drug-likeness (QED) is 0.688. The highest BCUT2D eigenvalue weighted by Crippen LogP contribution is 2.43. The molecule has 0 saturated carbocycles. The summed E-state index contributed by atoms with van der Waals surface area (Å²) in [6.07, 6.45) is 1.28. The fourth-order valence-electron chi connectivity index (χ4n) is 4.15. The van der Waals surface area contributed by atoms with E-state index < -0.39 is 11.7 Å². The van der Waals surface area contributed by atoms with Crippen LogP contribution in [0.5, 0.6) is 11.5 Å². The van der Waals surface area contributed by atoms with Gasteiger partial charge in [-0.1, -0.05) is 24.2 Å². The topological polar surface area (TPSA) is 86.2 Å². The van der Waals surface area contributed by atoms with E-state index in [-0.39, 0.29) is 52.0 Å². The SMILES string of the molecule is C=CC(=O)N1CCN2Cc3c(C(=O)N(C)C)nc(-c4c(O)cccc4F)c(Cl)c3OC[C@H]2C1. The van der Waals surface area contributed by atoms with E-state index in [1.165, 1.54) is 29.2 Å². The highest BCUT2D eigenvalue weighted by atomic mass is 35.5. The number of aromatic hydroxyl groups is 1. The zero-order valence-corrected chi connectivity index (χ0v) is 19.1. The molecule has 0 aliphatic carbocycles. The number of carbonyl (C=O) groups is 2. The molecule has 1 aromatic carbocycles. The number of hydrogen-bond acceptors (Lipinski definition) is 6. The van der Waals surface area contributed by atoms with Crippen LogP contribution in [0.1, 0.15) is 16.1 Å². The number of hydrogen-bond donors (Lipinski definition) is 1. The molecule has 4 rings (SSSR count). The molecule has 0 spiro atoms. The molecule has 0 unspecified atom stereocenters. The summed E-state index contributed by atoms with van der Waals surface area (Å²) in [5.74, 6) is -1.40. The Balaban J connectivity index is 1.83. The predicted molar refractivity (Wildman–Crippen MR) is 121 cm³/mol. The fraction of sp³-hybridized carbons (Fsp3) is 0.348. The number of ether oxygens (including phenoxy) is 1. The van der Waals surface area contributed by atoms with Crippen LogP contribution in [-0.2, 0) is 11.3 Å². The van der Waals surface area contributed by atoms with Crippen LogP contribution in [0, 0.1) is 5.82 Å². The second-order valence-corrected chi connectivity index (χ2v) is 8.57. The van der Waals surface area contributed by atoms with E-state index in [9.17, 15) is 19.1 Å². The number of pyridine rings is 1. The number of nitrogens with zero attached hydrogens (tertiary/aromatic N) is 4. The van der Waals surface area contributed by atoms with E-state index in [2.05, 4.69) is 16.5 Å². The van der Waals surface area contributed by atoms with Gasteiger partial charge in [-0.05, 0) is 18.2 Å². The number of benzene rings is 1. The standard InChI is InChI=1S/C23H24ClFN4O4/c1-4-17(31)29-9-8-28-11-14-20(23(32)27(2)3)26-21(18-15(25)6-5-7-16(18)30)19(24)22(14)33-12-13(28)10-29/h4-7,13,30H,1,8-12H2,2-3H3/t13-/m1/s1. The fourth-order valence-corrected chi connectivity index (χ4v) is 4.45. The number of phenolic OH excluding ortho intramolecular Hbond substituents is 1. The summed E-state index contributed by atoms with van der Waals surface area (Å²) in [4.78, 5) is 34.8. The minimum absolute atomic E-state index is 0.0135. The van der Waals surface area contributed by atoms with E-state index >= 15 is 0 Å². The first-order valence-corrected chi connectivity index (χ1v) is 10.8. The first-order chi connectivity index (χ1) is 15.7. The van der Waals surface area contributed by atoms with Crippen LogP contribution in [0.4, 0.5) is 4.39 Å². The average molecular weight is 475 g/mol. The molecule has 33 heavy (non-hydrogen) atoms. The van der Waals surface area contributed by atoms with Crippen LogP contribution < -0.4 is 4.74 Å². The zero-order valence-electron chi connectivity index (χ0n) is 18.3. The molecular weight excluding hydrogens is 451 g/mol. The molecule has 10 heteroatoms. The second kappa shape index (κ2) is 8.99. The van der Waals surface area contributed by atoms with Gasteiger partial charge in [-0.3, -0.25) is 14.5 Å². The predicted octanol–water partition coefficient (Wildman–Crippen LogP) is 2.54. The third-order valence-corrected chi connectivity index (χ3v) is 6.25. The molecule has 2 aliphatic heterocycles. The van der Waals surface area contributed by atoms with Crippen molar-refractivity contribution in [3.8, 4) is 22.8 Å². The molecule has 2 aliphatic rings. The Morgan fingerprint density at radius 2 is 2.12 bits per heavy atom. The number of amides is 2. The number of carbonyl (C=O) groups excluding carboxylic acids is 2. The molecule has 3 heterocycles. The van der Waals surface area contributed by atoms with Gasteiger partial charge in [0.15, 0.2) is 0 Å². The third-order valence-electron chi connectivity index (χ3n) is 5.90. The summed E-state index contributed by atoms with van der Waals surface area (Å²) in [5.41, 5.74) is 0.289. The molecule has 0 radical (unpaired) electrons. The summed E-state index contributed by atoms with van der Waals surface area (Å²) in [7, 11) is 3.18. The second-order valence-electron chi connectivity index (χ2n) is 8.19. The molecule has 1 atom stereocenters. The van der Waals surface area contributed by atoms with E-state index in [1.807, 2.05) is 0 Å². The van der Waals surface area contributed by atoms with Gasteiger partial charge in [-0.25, -0.2) is 9.37 Å². The number of rotatable bonds is 3. The van der Waals surface area contributed by atoms with E-state index in [4.69, 9.17) is 16.3 Å². The maximum absolute atomic E-state index is 14.7. The smallest absolute Gasteiger partial charge is 0.272 e. The monoisotopic (exact) mass is 474 g/mol. The van der Waals surface area contributed by atoms with Gasteiger partial charge in [0.1, 0.15) is 40.3 Å². The van der Waals surface area contributed by atoms with E-state index in [1.54, 1.807) is 19.0 Å². The van der Waals surface area contributed by atoms with Crippen molar-refractivity contribution in [2.45, 2.75) is 12.6 Å². The average Bonchev–Trinajstić information content (AvgIpc) is 2.98. The number of halogens is 2. The van der Waals surface area contributed by atoms with Crippen molar-refractivity contribution in [3.05, 3.63) is 53.0 Å². The van der Waals surface area contributed by atoms with Gasteiger partial charge in [-0.2, -0.15) is 0 Å². The molecule has 0 bridgehead atoms. The first kappa shape index (κ1) is 23.0. The lowest BCUT2D eigenvalue weighted by molar-refractivity contribution is -0.129. The summed E-state index contributed by atoms with van der Waals surface area (Å²) in [5, 5.41) is 10.3. The van der Waals surface area contributed by atoms with Gasteiger partial charge in [0.2, 0.25) is 5.91 Å². The Hall–Kier alpha value is -3.17. The Morgan fingerprint density at radius 3 is 2.79 bits per heavy atom. The molecule has 8 nitrogen and oxygen atoms in total. The molecule has 1 saturated heterocycles. The third kappa shape index (κ3) is 4.14. The maximum Gasteiger partial charge on any atom is 0.272 e.